The van der Waals surface area contributed by atoms with E-state index in [2.05, 4.69) is 16.0 Å². The Bertz CT molecular complexity index is 575. The van der Waals surface area contributed by atoms with Gasteiger partial charge in [-0.1, -0.05) is 30.3 Å². The Kier molecular flexibility index (Phi) is 8.14. The highest BCUT2D eigenvalue weighted by molar-refractivity contribution is 5.89. The van der Waals surface area contributed by atoms with E-state index >= 15 is 0 Å². The van der Waals surface area contributed by atoms with Gasteiger partial charge >= 0.3 is 0 Å². The minimum absolute atomic E-state index is 0.269. The molecule has 0 unspecified atom stereocenters. The Labute approximate surface area is 140 Å². The van der Waals surface area contributed by atoms with E-state index in [0.717, 1.165) is 5.56 Å². The van der Waals surface area contributed by atoms with E-state index in [4.69, 9.17) is 5.73 Å². The lowest BCUT2D eigenvalue weighted by molar-refractivity contribution is -0.128. The van der Waals surface area contributed by atoms with Crippen molar-refractivity contribution in [3.63, 3.8) is 0 Å². The summed E-state index contributed by atoms with van der Waals surface area (Å²) in [6, 6.07) is 7.86. The van der Waals surface area contributed by atoms with E-state index in [1.807, 2.05) is 30.3 Å². The zero-order valence-corrected chi connectivity index (χ0v) is 13.5. The lowest BCUT2D eigenvalue weighted by Crippen LogP contribution is -2.47. The number of hydrogen-bond donors (Lipinski definition) is 4. The summed E-state index contributed by atoms with van der Waals surface area (Å²) in [5.41, 5.74) is 6.25. The van der Waals surface area contributed by atoms with Gasteiger partial charge in [0.2, 0.25) is 17.7 Å². The second kappa shape index (κ2) is 10.1. The lowest BCUT2D eigenvalue weighted by atomic mass is 10.1. The highest BCUT2D eigenvalue weighted by atomic mass is 16.2. The van der Waals surface area contributed by atoms with Gasteiger partial charge in [0.05, 0.1) is 25.2 Å². The molecule has 3 amide bonds. The SMILES string of the molecule is C[C@H](N)C(=O)NCC(=O)NCC(=O)N[C@H](C=O)Cc1ccccc1. The van der Waals surface area contributed by atoms with Gasteiger partial charge in [0.25, 0.3) is 0 Å². The van der Waals surface area contributed by atoms with Gasteiger partial charge in [-0.15, -0.1) is 0 Å². The molecule has 130 valence electrons. The Balaban J connectivity index is 2.32. The number of carbonyl (C=O) groups excluding carboxylic acids is 4. The maximum Gasteiger partial charge on any atom is 0.239 e. The molecule has 2 atom stereocenters. The summed E-state index contributed by atoms with van der Waals surface area (Å²) in [7, 11) is 0. The van der Waals surface area contributed by atoms with Crippen molar-refractivity contribution < 1.29 is 19.2 Å². The van der Waals surface area contributed by atoms with Crippen molar-refractivity contribution in [2.75, 3.05) is 13.1 Å². The predicted molar refractivity (Wildman–Crippen MR) is 87.8 cm³/mol. The molecular weight excluding hydrogens is 312 g/mol. The smallest absolute Gasteiger partial charge is 0.239 e. The molecule has 0 aliphatic rings. The first-order valence-electron chi connectivity index (χ1n) is 7.51. The van der Waals surface area contributed by atoms with Crippen LogP contribution in [0.5, 0.6) is 0 Å². The van der Waals surface area contributed by atoms with Crippen LogP contribution in [0.25, 0.3) is 0 Å². The molecule has 0 aliphatic carbocycles. The van der Waals surface area contributed by atoms with Gasteiger partial charge in [-0.25, -0.2) is 0 Å². The van der Waals surface area contributed by atoms with Gasteiger partial charge in [0.15, 0.2) is 0 Å². The fourth-order valence-corrected chi connectivity index (χ4v) is 1.83. The Hall–Kier alpha value is -2.74. The third-order valence-electron chi connectivity index (χ3n) is 3.09. The van der Waals surface area contributed by atoms with E-state index in [0.29, 0.717) is 12.7 Å². The number of nitrogens with one attached hydrogen (secondary N) is 3. The van der Waals surface area contributed by atoms with Crippen LogP contribution in [0.3, 0.4) is 0 Å². The minimum atomic E-state index is -0.715. The number of nitrogens with two attached hydrogens (primary N) is 1. The fourth-order valence-electron chi connectivity index (χ4n) is 1.83. The monoisotopic (exact) mass is 334 g/mol. The third-order valence-corrected chi connectivity index (χ3v) is 3.09. The van der Waals surface area contributed by atoms with E-state index < -0.39 is 29.8 Å². The summed E-state index contributed by atoms with van der Waals surface area (Å²) in [5, 5.41) is 7.20. The first-order chi connectivity index (χ1) is 11.4. The van der Waals surface area contributed by atoms with Gasteiger partial charge in [0.1, 0.15) is 6.29 Å². The number of benzene rings is 1. The summed E-state index contributed by atoms with van der Waals surface area (Å²) in [6.07, 6.45) is 1.02. The third kappa shape index (κ3) is 7.50. The molecule has 0 saturated heterocycles. The second-order valence-corrected chi connectivity index (χ2v) is 5.28. The van der Waals surface area contributed by atoms with Crippen LogP contribution in [0.4, 0.5) is 0 Å². The predicted octanol–water partition coefficient (Wildman–Crippen LogP) is -1.51. The van der Waals surface area contributed by atoms with Crippen LogP contribution in [-0.4, -0.2) is 49.2 Å². The van der Waals surface area contributed by atoms with Crippen LogP contribution < -0.4 is 21.7 Å². The van der Waals surface area contributed by atoms with Crippen molar-refractivity contribution in [3.8, 4) is 0 Å². The average molecular weight is 334 g/mol. The van der Waals surface area contributed by atoms with Crippen molar-refractivity contribution in [2.45, 2.75) is 25.4 Å². The Morgan fingerprint density at radius 2 is 1.71 bits per heavy atom. The fraction of sp³-hybridized carbons (Fsp3) is 0.375. The van der Waals surface area contributed by atoms with Gasteiger partial charge in [-0.2, -0.15) is 0 Å². The van der Waals surface area contributed by atoms with E-state index in [1.165, 1.54) is 6.92 Å². The van der Waals surface area contributed by atoms with Crippen LogP contribution in [0.1, 0.15) is 12.5 Å². The Morgan fingerprint density at radius 1 is 1.08 bits per heavy atom. The molecule has 1 aromatic carbocycles. The van der Waals surface area contributed by atoms with Crippen LogP contribution >= 0.6 is 0 Å². The van der Waals surface area contributed by atoms with Crippen LogP contribution in [0, 0.1) is 0 Å². The zero-order chi connectivity index (χ0) is 17.9. The molecule has 0 aromatic heterocycles. The molecule has 0 spiro atoms. The highest BCUT2D eigenvalue weighted by Crippen LogP contribution is 2.01. The summed E-state index contributed by atoms with van der Waals surface area (Å²) < 4.78 is 0. The van der Waals surface area contributed by atoms with E-state index in [9.17, 15) is 19.2 Å². The molecular formula is C16H22N4O4. The number of carbonyl (C=O) groups is 4. The van der Waals surface area contributed by atoms with Crippen molar-refractivity contribution in [3.05, 3.63) is 35.9 Å². The molecule has 0 aliphatic heterocycles. The highest BCUT2D eigenvalue weighted by Gasteiger charge is 2.13. The van der Waals surface area contributed by atoms with Crippen molar-refractivity contribution >= 4 is 24.0 Å². The standard InChI is InChI=1S/C16H22N4O4/c1-11(17)16(24)19-8-14(22)18-9-15(23)20-13(10-21)7-12-5-3-2-4-6-12/h2-6,10-11,13H,7-9,17H2,1H3,(H,18,22)(H,19,24)(H,20,23)/t11-,13-/m0/s1. The van der Waals surface area contributed by atoms with Crippen molar-refractivity contribution in [2.24, 2.45) is 5.73 Å². The molecule has 8 heteroatoms. The second-order valence-electron chi connectivity index (χ2n) is 5.28. The maximum absolute atomic E-state index is 11.8. The average Bonchev–Trinajstić information content (AvgIpc) is 2.57. The summed E-state index contributed by atoms with van der Waals surface area (Å²) in [4.78, 5) is 45.5. The lowest BCUT2D eigenvalue weighted by Gasteiger charge is -2.13. The van der Waals surface area contributed by atoms with Crippen molar-refractivity contribution in [1.82, 2.24) is 16.0 Å². The van der Waals surface area contributed by atoms with Crippen LogP contribution in [-0.2, 0) is 25.6 Å². The van der Waals surface area contributed by atoms with E-state index in [1.54, 1.807) is 0 Å². The van der Waals surface area contributed by atoms with Crippen molar-refractivity contribution in [1.29, 1.82) is 0 Å². The summed E-state index contributed by atoms with van der Waals surface area (Å²) >= 11 is 0. The minimum Gasteiger partial charge on any atom is -0.346 e. The molecule has 1 rings (SSSR count). The molecule has 1 aromatic rings. The largest absolute Gasteiger partial charge is 0.346 e. The molecule has 0 heterocycles. The van der Waals surface area contributed by atoms with Gasteiger partial charge in [0, 0.05) is 0 Å². The van der Waals surface area contributed by atoms with Crippen LogP contribution in [0.15, 0.2) is 30.3 Å². The number of aldehydes is 1. The number of hydrogen-bond acceptors (Lipinski definition) is 5. The number of amides is 3. The molecule has 5 N–H and O–H groups in total. The van der Waals surface area contributed by atoms with Gasteiger partial charge < -0.3 is 26.5 Å². The van der Waals surface area contributed by atoms with Gasteiger partial charge in [-0.05, 0) is 18.9 Å². The molecule has 0 bridgehead atoms. The maximum atomic E-state index is 11.8. The quantitative estimate of drug-likeness (QED) is 0.408. The first-order valence-corrected chi connectivity index (χ1v) is 7.51. The normalized spacial score (nSPS) is 12.6. The summed E-state index contributed by atoms with van der Waals surface area (Å²) in [5.74, 6) is -1.47. The molecule has 0 fully saturated rings. The molecule has 24 heavy (non-hydrogen) atoms. The first kappa shape index (κ1) is 19.3. The van der Waals surface area contributed by atoms with Gasteiger partial charge in [-0.3, -0.25) is 14.4 Å². The molecule has 0 radical (unpaired) electrons. The van der Waals surface area contributed by atoms with Crippen LogP contribution in [0.2, 0.25) is 0 Å². The number of rotatable bonds is 9. The van der Waals surface area contributed by atoms with E-state index in [-0.39, 0.29) is 13.1 Å². The topological polar surface area (TPSA) is 130 Å². The Morgan fingerprint density at radius 3 is 2.29 bits per heavy atom. The molecule has 8 nitrogen and oxygen atoms in total. The molecule has 0 saturated carbocycles. The zero-order valence-electron chi connectivity index (χ0n) is 13.5. The summed E-state index contributed by atoms with van der Waals surface area (Å²) in [6.45, 7) is 0.938.